The Bertz CT molecular complexity index is 1100. The molecule has 162 valence electrons. The number of carbonyl (C=O) groups is 1. The Labute approximate surface area is 187 Å². The van der Waals surface area contributed by atoms with E-state index in [1.807, 2.05) is 18.3 Å². The largest absolute Gasteiger partial charge is 0.478 e. The molecule has 3 aromatic rings. The molecule has 1 aliphatic carbocycles. The standard InChI is InChI=1S/C25H28ClN3O2/c1-16-12-22(26)21(20-8-9-27-24(16)20)14-29-11-10-28(13-17-2-3-17)15-23(29)18-4-6-19(7-5-18)25(30)31/h4-9,12,17,23,27H,2-3,10-11,13-15H2,1H3,(H,30,31)/t23-/m0/s1. The molecule has 31 heavy (non-hydrogen) atoms. The van der Waals surface area contributed by atoms with E-state index in [0.717, 1.165) is 53.8 Å². The van der Waals surface area contributed by atoms with Crippen LogP contribution in [0, 0.1) is 12.8 Å². The summed E-state index contributed by atoms with van der Waals surface area (Å²) in [7, 11) is 0. The third-order valence-electron chi connectivity index (χ3n) is 6.79. The highest BCUT2D eigenvalue weighted by atomic mass is 35.5. The number of hydrogen-bond acceptors (Lipinski definition) is 3. The van der Waals surface area contributed by atoms with Gasteiger partial charge in [0.1, 0.15) is 0 Å². The molecule has 5 rings (SSSR count). The quantitative estimate of drug-likeness (QED) is 0.563. The fraction of sp³-hybridized carbons (Fsp3) is 0.400. The second-order valence-corrected chi connectivity index (χ2v) is 9.44. The summed E-state index contributed by atoms with van der Waals surface area (Å²) < 4.78 is 0. The molecule has 0 unspecified atom stereocenters. The number of benzene rings is 2. The van der Waals surface area contributed by atoms with Crippen molar-refractivity contribution in [2.75, 3.05) is 26.2 Å². The van der Waals surface area contributed by atoms with Crippen molar-refractivity contribution >= 4 is 28.5 Å². The number of aryl methyl sites for hydroxylation is 1. The Kier molecular flexibility index (Phi) is 5.51. The summed E-state index contributed by atoms with van der Waals surface area (Å²) in [5.74, 6) is -0.0312. The number of aromatic amines is 1. The van der Waals surface area contributed by atoms with Gasteiger partial charge in [0.2, 0.25) is 0 Å². The van der Waals surface area contributed by atoms with Gasteiger partial charge >= 0.3 is 5.97 Å². The molecule has 1 saturated heterocycles. The molecule has 6 heteroatoms. The van der Waals surface area contributed by atoms with E-state index in [-0.39, 0.29) is 6.04 Å². The summed E-state index contributed by atoms with van der Waals surface area (Å²) in [4.78, 5) is 19.7. The molecule has 0 radical (unpaired) electrons. The first kappa shape index (κ1) is 20.6. The van der Waals surface area contributed by atoms with Gasteiger partial charge in [-0.05, 0) is 66.6 Å². The fourth-order valence-electron chi connectivity index (χ4n) is 4.85. The van der Waals surface area contributed by atoms with E-state index < -0.39 is 5.97 Å². The third kappa shape index (κ3) is 4.22. The maximum absolute atomic E-state index is 11.3. The minimum atomic E-state index is -0.885. The molecule has 2 fully saturated rings. The van der Waals surface area contributed by atoms with Crippen molar-refractivity contribution in [3.05, 3.63) is 69.9 Å². The summed E-state index contributed by atoms with van der Waals surface area (Å²) in [5.41, 5.74) is 4.96. The Balaban J connectivity index is 1.45. The maximum Gasteiger partial charge on any atom is 0.335 e. The summed E-state index contributed by atoms with van der Waals surface area (Å²) in [6.45, 7) is 7.01. The molecule has 2 aromatic carbocycles. The van der Waals surface area contributed by atoms with E-state index in [4.69, 9.17) is 11.6 Å². The van der Waals surface area contributed by atoms with E-state index >= 15 is 0 Å². The lowest BCUT2D eigenvalue weighted by atomic mass is 9.98. The van der Waals surface area contributed by atoms with Crippen molar-refractivity contribution in [3.63, 3.8) is 0 Å². The summed E-state index contributed by atoms with van der Waals surface area (Å²) >= 11 is 6.72. The molecule has 2 aliphatic rings. The van der Waals surface area contributed by atoms with Crippen molar-refractivity contribution in [1.82, 2.24) is 14.8 Å². The van der Waals surface area contributed by atoms with E-state index in [1.54, 1.807) is 12.1 Å². The second-order valence-electron chi connectivity index (χ2n) is 9.04. The van der Waals surface area contributed by atoms with Crippen LogP contribution >= 0.6 is 11.6 Å². The van der Waals surface area contributed by atoms with Gasteiger partial charge < -0.3 is 10.1 Å². The second kappa shape index (κ2) is 8.30. The summed E-state index contributed by atoms with van der Waals surface area (Å²) in [6.07, 6.45) is 4.68. The zero-order valence-electron chi connectivity index (χ0n) is 17.8. The molecule has 2 heterocycles. The predicted octanol–water partition coefficient (Wildman–Crippen LogP) is 5.10. The van der Waals surface area contributed by atoms with Gasteiger partial charge in [0.25, 0.3) is 0 Å². The lowest BCUT2D eigenvalue weighted by molar-refractivity contribution is 0.0654. The topological polar surface area (TPSA) is 59.6 Å². The van der Waals surface area contributed by atoms with Crippen molar-refractivity contribution in [1.29, 1.82) is 0 Å². The van der Waals surface area contributed by atoms with Gasteiger partial charge in [-0.3, -0.25) is 9.80 Å². The first-order chi connectivity index (χ1) is 15.0. The molecule has 0 spiro atoms. The summed E-state index contributed by atoms with van der Waals surface area (Å²) in [5, 5.41) is 11.3. The van der Waals surface area contributed by atoms with Crippen molar-refractivity contribution in [3.8, 4) is 0 Å². The number of halogens is 1. The Morgan fingerprint density at radius 2 is 1.97 bits per heavy atom. The number of nitrogens with zero attached hydrogens (tertiary/aromatic N) is 2. The molecule has 5 nitrogen and oxygen atoms in total. The molecule has 0 bridgehead atoms. The molecular weight excluding hydrogens is 410 g/mol. The van der Waals surface area contributed by atoms with Crippen LogP contribution in [0.3, 0.4) is 0 Å². The number of hydrogen-bond donors (Lipinski definition) is 2. The molecule has 1 aliphatic heterocycles. The smallest absolute Gasteiger partial charge is 0.335 e. The molecule has 0 amide bonds. The summed E-state index contributed by atoms with van der Waals surface area (Å²) in [6, 6.07) is 11.8. The highest BCUT2D eigenvalue weighted by Crippen LogP contribution is 2.35. The van der Waals surface area contributed by atoms with Crippen LogP contribution in [0.4, 0.5) is 0 Å². The van der Waals surface area contributed by atoms with Gasteiger partial charge in [0, 0.05) is 60.9 Å². The van der Waals surface area contributed by atoms with Crippen LogP contribution in [0.25, 0.3) is 10.9 Å². The molecule has 1 atom stereocenters. The average Bonchev–Trinajstić information content (AvgIpc) is 3.43. The normalized spacial score (nSPS) is 20.4. The molecule has 2 N–H and O–H groups in total. The van der Waals surface area contributed by atoms with Crippen molar-refractivity contribution in [2.24, 2.45) is 5.92 Å². The van der Waals surface area contributed by atoms with Gasteiger partial charge in [-0.2, -0.15) is 0 Å². The van der Waals surface area contributed by atoms with Crippen molar-refractivity contribution in [2.45, 2.75) is 32.4 Å². The van der Waals surface area contributed by atoms with Gasteiger partial charge in [-0.15, -0.1) is 0 Å². The fourth-order valence-corrected chi connectivity index (χ4v) is 5.18. The maximum atomic E-state index is 11.3. The van der Waals surface area contributed by atoms with Gasteiger partial charge in [0.15, 0.2) is 0 Å². The lowest BCUT2D eigenvalue weighted by Crippen LogP contribution is -2.48. The minimum absolute atomic E-state index is 0.210. The van der Waals surface area contributed by atoms with Crippen LogP contribution in [-0.4, -0.2) is 52.0 Å². The third-order valence-corrected chi connectivity index (χ3v) is 7.13. The Morgan fingerprint density at radius 1 is 1.19 bits per heavy atom. The Hall–Kier alpha value is -2.34. The van der Waals surface area contributed by atoms with Gasteiger partial charge in [0.05, 0.1) is 5.56 Å². The zero-order valence-corrected chi connectivity index (χ0v) is 18.5. The monoisotopic (exact) mass is 437 g/mol. The van der Waals surface area contributed by atoms with Crippen LogP contribution in [0.15, 0.2) is 42.6 Å². The van der Waals surface area contributed by atoms with E-state index in [9.17, 15) is 9.90 Å². The number of H-pyrrole nitrogens is 1. The number of carboxylic acids is 1. The molecular formula is C25H28ClN3O2. The average molecular weight is 438 g/mol. The van der Waals surface area contributed by atoms with Crippen LogP contribution in [0.1, 0.15) is 45.9 Å². The van der Waals surface area contributed by atoms with E-state index in [2.05, 4.69) is 33.8 Å². The lowest BCUT2D eigenvalue weighted by Gasteiger charge is -2.42. The number of aromatic nitrogens is 1. The Morgan fingerprint density at radius 3 is 2.68 bits per heavy atom. The number of piperazine rings is 1. The van der Waals surface area contributed by atoms with Gasteiger partial charge in [-0.25, -0.2) is 4.79 Å². The SMILES string of the molecule is Cc1cc(Cl)c(CN2CCN(CC3CC3)C[C@H]2c2ccc(C(=O)O)cc2)c2cc[nH]c12. The number of aromatic carboxylic acids is 1. The molecule has 1 aromatic heterocycles. The highest BCUT2D eigenvalue weighted by Gasteiger charge is 2.32. The van der Waals surface area contributed by atoms with Crippen LogP contribution < -0.4 is 0 Å². The van der Waals surface area contributed by atoms with Crippen molar-refractivity contribution < 1.29 is 9.90 Å². The van der Waals surface area contributed by atoms with E-state index in [1.165, 1.54) is 30.3 Å². The number of rotatable bonds is 6. The van der Waals surface area contributed by atoms with E-state index in [0.29, 0.717) is 5.56 Å². The van der Waals surface area contributed by atoms with Crippen LogP contribution in [0.2, 0.25) is 5.02 Å². The molecule has 1 saturated carbocycles. The first-order valence-corrected chi connectivity index (χ1v) is 11.4. The number of carboxylic acid groups (broad SMARTS) is 1. The highest BCUT2D eigenvalue weighted by molar-refractivity contribution is 6.32. The first-order valence-electron chi connectivity index (χ1n) is 11.0. The number of nitrogens with one attached hydrogen (secondary N) is 1. The predicted molar refractivity (Wildman–Crippen MR) is 124 cm³/mol. The van der Waals surface area contributed by atoms with Gasteiger partial charge in [-0.1, -0.05) is 23.7 Å². The van der Waals surface area contributed by atoms with Crippen LogP contribution in [-0.2, 0) is 6.54 Å². The number of fused-ring (bicyclic) bond motifs is 1. The van der Waals surface area contributed by atoms with Crippen LogP contribution in [0.5, 0.6) is 0 Å². The zero-order chi connectivity index (χ0) is 21.5. The minimum Gasteiger partial charge on any atom is -0.478 e.